The van der Waals surface area contributed by atoms with Gasteiger partial charge in [-0.05, 0) is 20.5 Å². The molecule has 0 aromatic carbocycles. The number of nitrogens with zero attached hydrogens (tertiary/aromatic N) is 1. The number of carbonyl (C=O) groups excluding carboxylic acids is 1. The van der Waals surface area contributed by atoms with Crippen molar-refractivity contribution < 1.29 is 14.3 Å². The molecule has 1 unspecified atom stereocenters. The Morgan fingerprint density at radius 2 is 2.00 bits per heavy atom. The molecule has 5 nitrogen and oxygen atoms in total. The van der Waals surface area contributed by atoms with E-state index in [1.54, 1.807) is 7.11 Å². The first-order valence-corrected chi connectivity index (χ1v) is 5.49. The third-order valence-electron chi connectivity index (χ3n) is 2.59. The Hall–Kier alpha value is -0.650. The van der Waals surface area contributed by atoms with E-state index >= 15 is 0 Å². The maximum atomic E-state index is 11.8. The fourth-order valence-corrected chi connectivity index (χ4v) is 1.51. The second-order valence-electron chi connectivity index (χ2n) is 4.09. The molecule has 0 rings (SSSR count). The van der Waals surface area contributed by atoms with Crippen LogP contribution in [0, 0.1) is 0 Å². The lowest BCUT2D eigenvalue weighted by Gasteiger charge is -2.30. The van der Waals surface area contributed by atoms with E-state index in [4.69, 9.17) is 9.47 Å². The largest absolute Gasteiger partial charge is 0.468 e. The van der Waals surface area contributed by atoms with Gasteiger partial charge in [-0.15, -0.1) is 0 Å². The van der Waals surface area contributed by atoms with Crippen molar-refractivity contribution in [3.63, 3.8) is 0 Å². The van der Waals surface area contributed by atoms with Gasteiger partial charge >= 0.3 is 5.97 Å². The molecule has 1 N–H and O–H groups in total. The number of ether oxygens (including phenoxy) is 2. The normalized spacial score (nSPS) is 14.9. The number of hydrogen-bond acceptors (Lipinski definition) is 5. The van der Waals surface area contributed by atoms with Gasteiger partial charge in [-0.3, -0.25) is 5.32 Å². The van der Waals surface area contributed by atoms with Crippen molar-refractivity contribution >= 4 is 5.97 Å². The topological polar surface area (TPSA) is 50.8 Å². The second kappa shape index (κ2) is 7.60. The van der Waals surface area contributed by atoms with E-state index in [9.17, 15) is 4.79 Å². The smallest absolute Gasteiger partial charge is 0.328 e. The third-order valence-corrected chi connectivity index (χ3v) is 2.59. The zero-order valence-electron chi connectivity index (χ0n) is 11.0. The summed E-state index contributed by atoms with van der Waals surface area (Å²) < 4.78 is 9.92. The molecule has 0 aliphatic carbocycles. The molecule has 96 valence electrons. The first kappa shape index (κ1) is 15.3. The summed E-state index contributed by atoms with van der Waals surface area (Å²) in [5.74, 6) is -0.268. The third kappa shape index (κ3) is 4.47. The predicted octanol–water partition coefficient (Wildman–Crippen LogP) is 0.106. The summed E-state index contributed by atoms with van der Waals surface area (Å²) in [6.07, 6.45) is 0.640. The monoisotopic (exact) mass is 232 g/mol. The average Bonchev–Trinajstić information content (AvgIpc) is 2.26. The van der Waals surface area contributed by atoms with Crippen molar-refractivity contribution in [3.05, 3.63) is 0 Å². The summed E-state index contributed by atoms with van der Waals surface area (Å²) in [6, 6.07) is 0. The van der Waals surface area contributed by atoms with Crippen LogP contribution in [0.25, 0.3) is 0 Å². The fraction of sp³-hybridized carbons (Fsp3) is 0.909. The average molecular weight is 232 g/mol. The van der Waals surface area contributed by atoms with Gasteiger partial charge in [-0.25, -0.2) is 4.79 Å². The van der Waals surface area contributed by atoms with Crippen molar-refractivity contribution in [2.75, 3.05) is 48.0 Å². The van der Waals surface area contributed by atoms with E-state index in [0.29, 0.717) is 13.0 Å². The lowest BCUT2D eigenvalue weighted by atomic mass is 9.97. The number of nitrogens with one attached hydrogen (secondary N) is 1. The zero-order valence-corrected chi connectivity index (χ0v) is 11.0. The molecule has 0 aromatic rings. The minimum absolute atomic E-state index is 0.268. The predicted molar refractivity (Wildman–Crippen MR) is 63.5 cm³/mol. The molecule has 0 spiro atoms. The number of rotatable bonds is 8. The van der Waals surface area contributed by atoms with E-state index in [2.05, 4.69) is 10.2 Å². The second-order valence-corrected chi connectivity index (χ2v) is 4.09. The van der Waals surface area contributed by atoms with Gasteiger partial charge in [-0.2, -0.15) is 0 Å². The number of esters is 1. The van der Waals surface area contributed by atoms with Crippen LogP contribution in [0.2, 0.25) is 0 Å². The van der Waals surface area contributed by atoms with Crippen LogP contribution in [0.3, 0.4) is 0 Å². The first-order valence-electron chi connectivity index (χ1n) is 5.49. The summed E-state index contributed by atoms with van der Waals surface area (Å²) in [5.41, 5.74) is -0.723. The Morgan fingerprint density at radius 3 is 2.38 bits per heavy atom. The Bertz CT molecular complexity index is 209. The Balaban J connectivity index is 4.44. The van der Waals surface area contributed by atoms with Gasteiger partial charge in [0, 0.05) is 20.2 Å². The molecule has 0 aromatic heterocycles. The molecule has 0 aliphatic rings. The van der Waals surface area contributed by atoms with E-state index < -0.39 is 5.54 Å². The van der Waals surface area contributed by atoms with Gasteiger partial charge < -0.3 is 14.4 Å². The molecular weight excluding hydrogens is 208 g/mol. The molecule has 0 amide bonds. The van der Waals surface area contributed by atoms with E-state index in [1.807, 2.05) is 21.0 Å². The quantitative estimate of drug-likeness (QED) is 0.602. The van der Waals surface area contributed by atoms with Gasteiger partial charge in [0.2, 0.25) is 0 Å². The molecule has 0 bridgehead atoms. The molecule has 0 saturated heterocycles. The highest BCUT2D eigenvalue weighted by Crippen LogP contribution is 2.12. The molecule has 0 fully saturated rings. The number of hydrogen-bond donors (Lipinski definition) is 1. The highest BCUT2D eigenvalue weighted by Gasteiger charge is 2.37. The van der Waals surface area contributed by atoms with Crippen LogP contribution in [0.15, 0.2) is 0 Å². The van der Waals surface area contributed by atoms with E-state index in [-0.39, 0.29) is 5.97 Å². The molecule has 0 radical (unpaired) electrons. The highest BCUT2D eigenvalue weighted by molar-refractivity contribution is 5.80. The van der Waals surface area contributed by atoms with Crippen LogP contribution in [0.4, 0.5) is 0 Å². The molecule has 16 heavy (non-hydrogen) atoms. The maximum absolute atomic E-state index is 11.8. The Labute approximate surface area is 98.1 Å². The van der Waals surface area contributed by atoms with Gasteiger partial charge in [0.05, 0.1) is 13.7 Å². The summed E-state index contributed by atoms with van der Waals surface area (Å²) in [7, 11) is 6.96. The van der Waals surface area contributed by atoms with Gasteiger partial charge in [0.1, 0.15) is 5.54 Å². The summed E-state index contributed by atoms with van der Waals surface area (Å²) >= 11 is 0. The van der Waals surface area contributed by atoms with Crippen LogP contribution in [0.5, 0.6) is 0 Å². The van der Waals surface area contributed by atoms with Crippen LogP contribution in [-0.2, 0) is 14.3 Å². The van der Waals surface area contributed by atoms with Crippen molar-refractivity contribution in [1.29, 1.82) is 0 Å². The van der Waals surface area contributed by atoms with E-state index in [0.717, 1.165) is 13.1 Å². The minimum Gasteiger partial charge on any atom is -0.468 e. The first-order chi connectivity index (χ1) is 7.52. The molecule has 0 heterocycles. The van der Waals surface area contributed by atoms with Crippen molar-refractivity contribution in [3.8, 4) is 0 Å². The molecule has 0 saturated carbocycles. The Kier molecular flexibility index (Phi) is 7.29. The van der Waals surface area contributed by atoms with Crippen LogP contribution >= 0.6 is 0 Å². The number of methoxy groups -OCH3 is 2. The Morgan fingerprint density at radius 1 is 1.38 bits per heavy atom. The van der Waals surface area contributed by atoms with Crippen molar-refractivity contribution in [2.24, 2.45) is 0 Å². The zero-order chi connectivity index (χ0) is 12.6. The number of likely N-dealkylation sites (N-methyl/N-ethyl adjacent to an activating group) is 1. The summed E-state index contributed by atoms with van der Waals surface area (Å²) in [5, 5.41) is 3.22. The van der Waals surface area contributed by atoms with Gasteiger partial charge in [0.25, 0.3) is 0 Å². The van der Waals surface area contributed by atoms with Crippen LogP contribution in [0.1, 0.15) is 13.3 Å². The van der Waals surface area contributed by atoms with Gasteiger partial charge in [-0.1, -0.05) is 6.92 Å². The maximum Gasteiger partial charge on any atom is 0.328 e. The molecule has 5 heteroatoms. The van der Waals surface area contributed by atoms with Gasteiger partial charge in [0.15, 0.2) is 0 Å². The molecule has 0 aliphatic heterocycles. The minimum atomic E-state index is -0.723. The number of carbonyl (C=O) groups is 1. The highest BCUT2D eigenvalue weighted by atomic mass is 16.5. The van der Waals surface area contributed by atoms with Crippen molar-refractivity contribution in [2.45, 2.75) is 18.9 Å². The lowest BCUT2D eigenvalue weighted by molar-refractivity contribution is -0.151. The SMILES string of the molecule is CCC(COC)(NCCN(C)C)C(=O)OC. The summed E-state index contributed by atoms with van der Waals surface area (Å²) in [6.45, 7) is 3.85. The van der Waals surface area contributed by atoms with E-state index in [1.165, 1.54) is 7.11 Å². The molecular formula is C11H24N2O3. The van der Waals surface area contributed by atoms with Crippen LogP contribution < -0.4 is 5.32 Å². The summed E-state index contributed by atoms with van der Waals surface area (Å²) in [4.78, 5) is 13.8. The molecule has 1 atom stereocenters. The van der Waals surface area contributed by atoms with Crippen molar-refractivity contribution in [1.82, 2.24) is 10.2 Å². The lowest BCUT2D eigenvalue weighted by Crippen LogP contribution is -2.56. The van der Waals surface area contributed by atoms with Crippen LogP contribution in [-0.4, -0.2) is 64.4 Å². The standard InChI is InChI=1S/C11H24N2O3/c1-6-11(9-15-4,10(14)16-5)12-7-8-13(2)3/h12H,6-9H2,1-5H3. The fourth-order valence-electron chi connectivity index (χ4n) is 1.51.